The van der Waals surface area contributed by atoms with Crippen LogP contribution in [0.3, 0.4) is 0 Å². The number of rotatable bonds is 5. The molecule has 0 radical (unpaired) electrons. The van der Waals surface area contributed by atoms with E-state index < -0.39 is 16.8 Å². The molecule has 2 heterocycles. The van der Waals surface area contributed by atoms with Gasteiger partial charge in [0.05, 0.1) is 28.9 Å². The molecule has 0 aliphatic heterocycles. The molecule has 2 aromatic carbocycles. The first kappa shape index (κ1) is 19.1. The second-order valence-corrected chi connectivity index (χ2v) is 6.42. The molecule has 4 rings (SSSR count). The lowest BCUT2D eigenvalue weighted by Crippen LogP contribution is -2.18. The molecule has 4 aromatic rings. The number of halogens is 1. The van der Waals surface area contributed by atoms with Crippen molar-refractivity contribution >= 4 is 28.4 Å². The molecule has 9 heteroatoms. The quantitative estimate of drug-likeness (QED) is 0.381. The van der Waals surface area contributed by atoms with E-state index in [1.807, 2.05) is 0 Å². The van der Waals surface area contributed by atoms with Gasteiger partial charge in [-0.2, -0.15) is 0 Å². The van der Waals surface area contributed by atoms with Crippen LogP contribution in [0.1, 0.15) is 5.56 Å². The minimum absolute atomic E-state index is 0.0729. The van der Waals surface area contributed by atoms with E-state index in [1.54, 1.807) is 47.2 Å². The summed E-state index contributed by atoms with van der Waals surface area (Å²) >= 11 is 0. The van der Waals surface area contributed by atoms with Gasteiger partial charge in [0, 0.05) is 35.3 Å². The normalized spacial score (nSPS) is 10.7. The van der Waals surface area contributed by atoms with E-state index in [4.69, 9.17) is 4.74 Å². The number of nitro benzene ring substituents is 1. The average molecular weight is 406 g/mol. The van der Waals surface area contributed by atoms with Gasteiger partial charge in [-0.15, -0.1) is 0 Å². The second-order valence-electron chi connectivity index (χ2n) is 6.42. The SMILES string of the molecule is O=C(Nc1cccnc1)Oc1cc2cc([N+](=O)[O-])ccc2n1Cc1ccccc1F. The van der Waals surface area contributed by atoms with Gasteiger partial charge in [-0.25, -0.2) is 9.18 Å². The van der Waals surface area contributed by atoms with Crippen molar-refractivity contribution in [3.63, 3.8) is 0 Å². The average Bonchev–Trinajstić information content (AvgIpc) is 3.06. The third-order valence-electron chi connectivity index (χ3n) is 4.45. The van der Waals surface area contributed by atoms with Crippen molar-refractivity contribution in [2.45, 2.75) is 6.54 Å². The second kappa shape index (κ2) is 8.00. The van der Waals surface area contributed by atoms with E-state index in [0.29, 0.717) is 22.2 Å². The topological polar surface area (TPSA) is 99.3 Å². The van der Waals surface area contributed by atoms with Gasteiger partial charge in [-0.1, -0.05) is 18.2 Å². The molecule has 0 saturated carbocycles. The Morgan fingerprint density at radius 2 is 2.00 bits per heavy atom. The molecule has 0 fully saturated rings. The van der Waals surface area contributed by atoms with Gasteiger partial charge in [0.15, 0.2) is 0 Å². The summed E-state index contributed by atoms with van der Waals surface area (Å²) in [6.45, 7) is 0.0729. The van der Waals surface area contributed by atoms with Gasteiger partial charge in [0.1, 0.15) is 5.82 Å². The van der Waals surface area contributed by atoms with Crippen LogP contribution in [0.2, 0.25) is 0 Å². The lowest BCUT2D eigenvalue weighted by molar-refractivity contribution is -0.384. The van der Waals surface area contributed by atoms with Crippen molar-refractivity contribution in [2.75, 3.05) is 5.32 Å². The Kier molecular flexibility index (Phi) is 5.08. The number of nitrogens with zero attached hydrogens (tertiary/aromatic N) is 3. The largest absolute Gasteiger partial charge is 0.418 e. The summed E-state index contributed by atoms with van der Waals surface area (Å²) in [4.78, 5) is 26.8. The summed E-state index contributed by atoms with van der Waals surface area (Å²) in [5.74, 6) is -0.290. The van der Waals surface area contributed by atoms with Crippen LogP contribution >= 0.6 is 0 Å². The van der Waals surface area contributed by atoms with Gasteiger partial charge >= 0.3 is 6.09 Å². The number of nitrogens with one attached hydrogen (secondary N) is 1. The standard InChI is InChI=1S/C21H15FN4O4/c22-18-6-2-1-4-14(18)13-25-19-8-7-17(26(28)29)10-15(19)11-20(25)30-21(27)24-16-5-3-9-23-12-16/h1-12H,13H2,(H,24,27). The van der Waals surface area contributed by atoms with Crippen LogP contribution in [0, 0.1) is 15.9 Å². The molecule has 0 bridgehead atoms. The fourth-order valence-corrected chi connectivity index (χ4v) is 3.07. The first-order chi connectivity index (χ1) is 14.5. The van der Waals surface area contributed by atoms with E-state index in [-0.39, 0.29) is 18.1 Å². The lowest BCUT2D eigenvalue weighted by Gasteiger charge is -2.12. The monoisotopic (exact) mass is 406 g/mol. The number of hydrogen-bond donors (Lipinski definition) is 1. The first-order valence-electron chi connectivity index (χ1n) is 8.91. The molecule has 0 unspecified atom stereocenters. The van der Waals surface area contributed by atoms with Crippen molar-refractivity contribution in [3.8, 4) is 5.88 Å². The predicted octanol–water partition coefficient (Wildman–Crippen LogP) is 4.74. The van der Waals surface area contributed by atoms with E-state index in [2.05, 4.69) is 10.3 Å². The molecule has 150 valence electrons. The molecule has 0 spiro atoms. The summed E-state index contributed by atoms with van der Waals surface area (Å²) in [5.41, 5.74) is 1.28. The van der Waals surface area contributed by atoms with Crippen molar-refractivity contribution in [2.24, 2.45) is 0 Å². The zero-order valence-electron chi connectivity index (χ0n) is 15.5. The highest BCUT2D eigenvalue weighted by Crippen LogP contribution is 2.30. The van der Waals surface area contributed by atoms with E-state index in [1.165, 1.54) is 30.5 Å². The Morgan fingerprint density at radius 1 is 1.17 bits per heavy atom. The molecule has 0 aliphatic rings. The number of pyridine rings is 1. The summed E-state index contributed by atoms with van der Waals surface area (Å²) in [6, 6.07) is 15.3. The van der Waals surface area contributed by atoms with Crippen LogP contribution in [0.25, 0.3) is 10.9 Å². The van der Waals surface area contributed by atoms with Crippen molar-refractivity contribution in [1.82, 2.24) is 9.55 Å². The molecule has 0 atom stereocenters. The summed E-state index contributed by atoms with van der Waals surface area (Å²) in [6.07, 6.45) is 2.25. The Bertz CT molecular complexity index is 1240. The maximum Gasteiger partial charge on any atom is 0.418 e. The van der Waals surface area contributed by atoms with E-state index in [9.17, 15) is 19.3 Å². The van der Waals surface area contributed by atoms with Crippen molar-refractivity contribution in [1.29, 1.82) is 0 Å². The molecule has 1 amide bonds. The van der Waals surface area contributed by atoms with Gasteiger partial charge in [0.25, 0.3) is 5.69 Å². The van der Waals surface area contributed by atoms with Crippen LogP contribution < -0.4 is 10.1 Å². The molecule has 8 nitrogen and oxygen atoms in total. The Balaban J connectivity index is 1.71. The minimum atomic E-state index is -0.768. The summed E-state index contributed by atoms with van der Waals surface area (Å²) in [7, 11) is 0. The number of anilines is 1. The molecule has 2 aromatic heterocycles. The maximum absolute atomic E-state index is 14.2. The highest BCUT2D eigenvalue weighted by molar-refractivity contribution is 5.89. The number of carbonyl (C=O) groups is 1. The highest BCUT2D eigenvalue weighted by Gasteiger charge is 2.18. The number of nitro groups is 1. The molecule has 1 N–H and O–H groups in total. The van der Waals surface area contributed by atoms with Gasteiger partial charge in [0.2, 0.25) is 5.88 Å². The third kappa shape index (κ3) is 3.95. The molecular weight excluding hydrogens is 391 g/mol. The Morgan fingerprint density at radius 3 is 2.73 bits per heavy atom. The number of fused-ring (bicyclic) bond motifs is 1. The van der Waals surface area contributed by atoms with Crippen LogP contribution in [0.5, 0.6) is 5.88 Å². The van der Waals surface area contributed by atoms with Crippen LogP contribution in [0.15, 0.2) is 73.1 Å². The predicted molar refractivity (Wildman–Crippen MR) is 108 cm³/mol. The number of benzene rings is 2. The first-order valence-corrected chi connectivity index (χ1v) is 8.91. The number of hydrogen-bond acceptors (Lipinski definition) is 5. The van der Waals surface area contributed by atoms with Gasteiger partial charge in [-0.05, 0) is 24.3 Å². The smallest absolute Gasteiger partial charge is 0.393 e. The number of aromatic nitrogens is 2. The van der Waals surface area contributed by atoms with Crippen LogP contribution in [-0.2, 0) is 6.54 Å². The Labute approximate surface area is 169 Å². The number of amides is 1. The maximum atomic E-state index is 14.2. The number of ether oxygens (including phenoxy) is 1. The molecular formula is C21H15FN4O4. The zero-order valence-corrected chi connectivity index (χ0v) is 15.5. The fraction of sp³-hybridized carbons (Fsp3) is 0.0476. The number of non-ortho nitro benzene ring substituents is 1. The highest BCUT2D eigenvalue weighted by atomic mass is 19.1. The molecule has 0 saturated heterocycles. The lowest BCUT2D eigenvalue weighted by atomic mass is 10.2. The van der Waals surface area contributed by atoms with Crippen LogP contribution in [-0.4, -0.2) is 20.6 Å². The van der Waals surface area contributed by atoms with Gasteiger partial charge < -0.3 is 9.30 Å². The molecule has 0 aliphatic carbocycles. The minimum Gasteiger partial charge on any atom is -0.393 e. The fourth-order valence-electron chi connectivity index (χ4n) is 3.07. The van der Waals surface area contributed by atoms with Gasteiger partial charge in [-0.3, -0.25) is 20.4 Å². The summed E-state index contributed by atoms with van der Waals surface area (Å²) in [5, 5.41) is 14.1. The number of carbonyl (C=O) groups excluding carboxylic acids is 1. The Hall–Kier alpha value is -4.27. The van der Waals surface area contributed by atoms with Crippen molar-refractivity contribution in [3.05, 3.63) is 94.6 Å². The van der Waals surface area contributed by atoms with E-state index in [0.717, 1.165) is 0 Å². The summed E-state index contributed by atoms with van der Waals surface area (Å²) < 4.78 is 21.2. The zero-order chi connectivity index (χ0) is 21.1. The van der Waals surface area contributed by atoms with E-state index >= 15 is 0 Å². The van der Waals surface area contributed by atoms with Crippen LogP contribution in [0.4, 0.5) is 20.6 Å². The third-order valence-corrected chi connectivity index (χ3v) is 4.45. The van der Waals surface area contributed by atoms with Crippen molar-refractivity contribution < 1.29 is 18.8 Å². The molecule has 30 heavy (non-hydrogen) atoms.